The zero-order valence-electron chi connectivity index (χ0n) is 20.3. The molecule has 0 unspecified atom stereocenters. The highest BCUT2D eigenvalue weighted by molar-refractivity contribution is 6.29. The number of hydrogen-bond donors (Lipinski definition) is 0. The lowest BCUT2D eigenvalue weighted by atomic mass is 9.83. The molecule has 0 aromatic heterocycles. The molecule has 1 aliphatic carbocycles. The minimum atomic E-state index is -0.335. The van der Waals surface area contributed by atoms with Gasteiger partial charge in [-0.25, -0.2) is 0 Å². The van der Waals surface area contributed by atoms with E-state index in [2.05, 4.69) is 10.2 Å². The molecule has 0 amide bonds. The van der Waals surface area contributed by atoms with E-state index in [4.69, 9.17) is 9.47 Å². The zero-order chi connectivity index (χ0) is 26.1. The number of Topliss-reactive ketones (excluding diaryl/α,β-unsaturated/α-hetero) is 1. The molecule has 0 saturated heterocycles. The summed E-state index contributed by atoms with van der Waals surface area (Å²) in [6.45, 7) is 0.866. The molecule has 0 bridgehead atoms. The predicted octanol–water partition coefficient (Wildman–Crippen LogP) is 4.84. The summed E-state index contributed by atoms with van der Waals surface area (Å²) in [7, 11) is 2.82. The smallest absolute Gasteiger partial charge is 0.307 e. The lowest BCUT2D eigenvalue weighted by Crippen LogP contribution is -2.34. The van der Waals surface area contributed by atoms with Crippen LogP contribution >= 0.6 is 0 Å². The maximum Gasteiger partial charge on any atom is 0.307 e. The maximum absolute atomic E-state index is 13.2. The molecule has 37 heavy (non-hydrogen) atoms. The van der Waals surface area contributed by atoms with Crippen molar-refractivity contribution in [1.82, 2.24) is 0 Å². The first-order valence-corrected chi connectivity index (χ1v) is 11.7. The summed E-state index contributed by atoms with van der Waals surface area (Å²) < 4.78 is 10.3. The van der Waals surface area contributed by atoms with Crippen molar-refractivity contribution in [2.45, 2.75) is 12.8 Å². The van der Waals surface area contributed by atoms with Crippen LogP contribution in [0.3, 0.4) is 0 Å². The summed E-state index contributed by atoms with van der Waals surface area (Å²) in [6.07, 6.45) is 0.474. The van der Waals surface area contributed by atoms with Crippen molar-refractivity contribution in [2.75, 3.05) is 32.2 Å². The average Bonchev–Trinajstić information content (AvgIpc) is 2.93. The molecular formula is C28H23N3O6. The molecule has 0 spiro atoms. The quantitative estimate of drug-likeness (QED) is 0.276. The summed E-state index contributed by atoms with van der Waals surface area (Å²) in [5.41, 5.74) is 2.79. The van der Waals surface area contributed by atoms with Gasteiger partial charge in [0.25, 0.3) is 0 Å². The van der Waals surface area contributed by atoms with E-state index >= 15 is 0 Å². The second-order valence-corrected chi connectivity index (χ2v) is 8.63. The molecule has 1 heterocycles. The Bertz CT molecular complexity index is 1490. The number of benzene rings is 3. The number of rotatable bonds is 6. The predicted molar refractivity (Wildman–Crippen MR) is 135 cm³/mol. The summed E-state index contributed by atoms with van der Waals surface area (Å²) in [5, 5.41) is 8.62. The molecule has 186 valence electrons. The van der Waals surface area contributed by atoms with E-state index in [1.165, 1.54) is 14.2 Å². The summed E-state index contributed by atoms with van der Waals surface area (Å²) in [4.78, 5) is 52.5. The highest BCUT2D eigenvalue weighted by Gasteiger charge is 2.31. The maximum atomic E-state index is 13.2. The molecular weight excluding hydrogens is 474 g/mol. The van der Waals surface area contributed by atoms with Gasteiger partial charge in [-0.3, -0.25) is 19.2 Å². The fraction of sp³-hybridized carbons (Fsp3) is 0.214. The average molecular weight is 498 g/mol. The van der Waals surface area contributed by atoms with E-state index in [1.807, 2.05) is 4.90 Å². The van der Waals surface area contributed by atoms with Gasteiger partial charge >= 0.3 is 5.97 Å². The summed E-state index contributed by atoms with van der Waals surface area (Å²) >= 11 is 0. The van der Waals surface area contributed by atoms with Gasteiger partial charge in [-0.1, -0.05) is 36.4 Å². The van der Waals surface area contributed by atoms with Crippen LogP contribution in [0.15, 0.2) is 64.8 Å². The van der Waals surface area contributed by atoms with Gasteiger partial charge in [-0.05, 0) is 12.1 Å². The molecule has 0 N–H and O–H groups in total. The van der Waals surface area contributed by atoms with Crippen LogP contribution in [0, 0.1) is 0 Å². The van der Waals surface area contributed by atoms with Crippen LogP contribution < -0.4 is 9.64 Å². The molecule has 0 saturated carbocycles. The normalized spacial score (nSPS) is 14.3. The first kappa shape index (κ1) is 24.1. The summed E-state index contributed by atoms with van der Waals surface area (Å²) in [5.74, 6) is -0.562. The number of esters is 1. The van der Waals surface area contributed by atoms with Crippen LogP contribution in [0.25, 0.3) is 0 Å². The third-order valence-electron chi connectivity index (χ3n) is 6.56. The molecule has 2 aliphatic rings. The Morgan fingerprint density at radius 1 is 0.865 bits per heavy atom. The number of ketones is 3. The first-order valence-electron chi connectivity index (χ1n) is 11.7. The Hall–Kier alpha value is -4.66. The second kappa shape index (κ2) is 9.77. The zero-order valence-corrected chi connectivity index (χ0v) is 20.3. The number of azo groups is 1. The lowest BCUT2D eigenvalue weighted by Gasteiger charge is -2.30. The van der Waals surface area contributed by atoms with E-state index in [9.17, 15) is 19.2 Å². The van der Waals surface area contributed by atoms with E-state index in [0.29, 0.717) is 53.3 Å². The van der Waals surface area contributed by atoms with Gasteiger partial charge in [0, 0.05) is 47.8 Å². The van der Waals surface area contributed by atoms with Crippen molar-refractivity contribution in [2.24, 2.45) is 10.2 Å². The number of nitrogens with zero attached hydrogens (tertiary/aromatic N) is 3. The van der Waals surface area contributed by atoms with E-state index in [1.54, 1.807) is 54.6 Å². The van der Waals surface area contributed by atoms with Crippen molar-refractivity contribution in [3.05, 3.63) is 82.4 Å². The van der Waals surface area contributed by atoms with E-state index < -0.39 is 0 Å². The molecule has 3 aromatic rings. The van der Waals surface area contributed by atoms with Crippen molar-refractivity contribution in [1.29, 1.82) is 0 Å². The highest BCUT2D eigenvalue weighted by atomic mass is 16.5. The van der Waals surface area contributed by atoms with Crippen LogP contribution in [0.5, 0.6) is 5.75 Å². The minimum Gasteiger partial charge on any atom is -0.494 e. The van der Waals surface area contributed by atoms with Gasteiger partial charge in [-0.2, -0.15) is 0 Å². The topological polar surface area (TPSA) is 115 Å². The molecule has 9 nitrogen and oxygen atoms in total. The molecule has 3 aromatic carbocycles. The number of fused-ring (bicyclic) bond motifs is 3. The standard InChI is InChI=1S/C28H23N3O6/c1-36-24-15-22-19(23(32)10-12-31(22)13-11-25(33)37-2)14-21(24)30-29-20-9-5-8-18-26(20)28(35)17-7-4-3-6-16(17)27(18)34/h3-9,14-15H,10-13H2,1-2H3. The minimum absolute atomic E-state index is 0.0575. The Kier molecular flexibility index (Phi) is 6.35. The monoisotopic (exact) mass is 497 g/mol. The largest absolute Gasteiger partial charge is 0.494 e. The van der Waals surface area contributed by atoms with Crippen LogP contribution in [-0.4, -0.2) is 50.6 Å². The van der Waals surface area contributed by atoms with Crippen molar-refractivity contribution < 1.29 is 28.7 Å². The lowest BCUT2D eigenvalue weighted by molar-refractivity contribution is -0.140. The third kappa shape index (κ3) is 4.29. The van der Waals surface area contributed by atoms with Crippen LogP contribution in [0.2, 0.25) is 0 Å². The third-order valence-corrected chi connectivity index (χ3v) is 6.56. The fourth-order valence-corrected chi connectivity index (χ4v) is 4.65. The highest BCUT2D eigenvalue weighted by Crippen LogP contribution is 2.40. The van der Waals surface area contributed by atoms with Gasteiger partial charge in [0.2, 0.25) is 0 Å². The number of hydrogen-bond acceptors (Lipinski definition) is 9. The van der Waals surface area contributed by atoms with Gasteiger partial charge < -0.3 is 14.4 Å². The Balaban J connectivity index is 1.52. The van der Waals surface area contributed by atoms with Gasteiger partial charge in [-0.15, -0.1) is 10.2 Å². The number of anilines is 1. The summed E-state index contributed by atoms with van der Waals surface area (Å²) in [6, 6.07) is 14.9. The molecule has 0 fully saturated rings. The Morgan fingerprint density at radius 3 is 2.30 bits per heavy atom. The molecule has 0 atom stereocenters. The molecule has 0 radical (unpaired) electrons. The van der Waals surface area contributed by atoms with Crippen LogP contribution in [-0.2, 0) is 9.53 Å². The molecule has 5 rings (SSSR count). The van der Waals surface area contributed by atoms with E-state index in [-0.39, 0.29) is 46.6 Å². The number of methoxy groups -OCH3 is 2. The molecule has 1 aliphatic heterocycles. The first-order chi connectivity index (χ1) is 17.9. The van der Waals surface area contributed by atoms with Gasteiger partial charge in [0.05, 0.1) is 37.6 Å². The van der Waals surface area contributed by atoms with Crippen molar-refractivity contribution in [3.8, 4) is 5.75 Å². The Labute approximate surface area is 212 Å². The number of carbonyl (C=O) groups excluding carboxylic acids is 4. The fourth-order valence-electron chi connectivity index (χ4n) is 4.65. The van der Waals surface area contributed by atoms with Gasteiger partial charge in [0.1, 0.15) is 11.4 Å². The SMILES string of the molecule is COC(=O)CCN1CCC(=O)c2cc(N=Nc3cccc4c3C(=O)c3ccccc3C4=O)c(OC)cc21. The van der Waals surface area contributed by atoms with Crippen molar-refractivity contribution in [3.63, 3.8) is 0 Å². The second-order valence-electron chi connectivity index (χ2n) is 8.63. The number of carbonyl (C=O) groups is 4. The van der Waals surface area contributed by atoms with Crippen molar-refractivity contribution >= 4 is 40.4 Å². The van der Waals surface area contributed by atoms with Gasteiger partial charge in [0.15, 0.2) is 17.3 Å². The van der Waals surface area contributed by atoms with E-state index in [0.717, 1.165) is 0 Å². The molecule has 9 heteroatoms. The Morgan fingerprint density at radius 2 is 1.57 bits per heavy atom. The van der Waals surface area contributed by atoms with Crippen LogP contribution in [0.1, 0.15) is 55.0 Å². The van der Waals surface area contributed by atoms with Crippen LogP contribution in [0.4, 0.5) is 17.1 Å². The number of ether oxygens (including phenoxy) is 2.